The molecule has 4 heteroatoms. The summed E-state index contributed by atoms with van der Waals surface area (Å²) in [5, 5.41) is 0. The molecule has 0 saturated heterocycles. The van der Waals surface area contributed by atoms with Crippen molar-refractivity contribution < 1.29 is 17.1 Å². The summed E-state index contributed by atoms with van der Waals surface area (Å²) in [6.07, 6.45) is 16.1. The largest absolute Gasteiger partial charge is 0.358 e. The third-order valence-electron chi connectivity index (χ3n) is 3.83. The molecule has 0 aromatic heterocycles. The molecule has 0 fully saturated rings. The molecular weight excluding hydrogens is 346 g/mol. The maximum atomic E-state index is 5.25. The summed E-state index contributed by atoms with van der Waals surface area (Å²) < 4.78 is 0.784. The Hall–Kier alpha value is 0.759. The molecule has 21 heavy (non-hydrogen) atoms. The Kier molecular flexibility index (Phi) is 21.5. The Morgan fingerprint density at radius 3 is 1.38 bits per heavy atom. The molecule has 0 heterocycles. The Bertz CT molecular complexity index is 209. The monoisotopic (exact) mass is 380 g/mol. The maximum absolute atomic E-state index is 5.25. The van der Waals surface area contributed by atoms with Crippen molar-refractivity contribution >= 4 is 29.2 Å². The van der Waals surface area contributed by atoms with E-state index in [9.17, 15) is 0 Å². The fourth-order valence-electron chi connectivity index (χ4n) is 2.47. The van der Waals surface area contributed by atoms with Gasteiger partial charge in [0.15, 0.2) is 0 Å². The van der Waals surface area contributed by atoms with E-state index >= 15 is 0 Å². The van der Waals surface area contributed by atoms with E-state index < -0.39 is 0 Å². The van der Waals surface area contributed by atoms with Gasteiger partial charge in [-0.2, -0.15) is 0 Å². The van der Waals surface area contributed by atoms with E-state index in [2.05, 4.69) is 31.4 Å². The summed E-state index contributed by atoms with van der Waals surface area (Å²) in [4.78, 5) is 2.29. The molecule has 0 aromatic rings. The first kappa shape index (κ1) is 24.0. The molecule has 0 aliphatic carbocycles. The standard InChI is InChI=1S/C17H35NS2.Cu/c1-3-5-7-9-11-13-15-18(17(19)20)16-14-12-10-8-6-4-2;/h3-16H2,1-2H3,(H,19,20);. The van der Waals surface area contributed by atoms with Crippen LogP contribution in [0, 0.1) is 0 Å². The second-order valence-corrected chi connectivity index (χ2v) is 6.92. The van der Waals surface area contributed by atoms with Crippen molar-refractivity contribution in [3.05, 3.63) is 0 Å². The van der Waals surface area contributed by atoms with Crippen molar-refractivity contribution in [3.63, 3.8) is 0 Å². The van der Waals surface area contributed by atoms with Gasteiger partial charge in [-0.3, -0.25) is 0 Å². The van der Waals surface area contributed by atoms with Crippen LogP contribution in [0.1, 0.15) is 90.9 Å². The van der Waals surface area contributed by atoms with Crippen LogP contribution < -0.4 is 0 Å². The van der Waals surface area contributed by atoms with E-state index in [1.807, 2.05) is 0 Å². The molecule has 0 spiro atoms. The van der Waals surface area contributed by atoms with Crippen molar-refractivity contribution in [2.75, 3.05) is 13.1 Å². The zero-order valence-electron chi connectivity index (χ0n) is 14.0. The van der Waals surface area contributed by atoms with Crippen LogP contribution in [0.2, 0.25) is 0 Å². The fourth-order valence-corrected chi connectivity index (χ4v) is 2.85. The third-order valence-corrected chi connectivity index (χ3v) is 4.37. The Labute approximate surface area is 154 Å². The normalized spacial score (nSPS) is 10.2. The van der Waals surface area contributed by atoms with Gasteiger partial charge in [0, 0.05) is 30.2 Å². The molecule has 0 saturated carbocycles. The van der Waals surface area contributed by atoms with Gasteiger partial charge in [0.2, 0.25) is 0 Å². The number of hydrogen-bond acceptors (Lipinski definition) is 1. The van der Waals surface area contributed by atoms with Crippen LogP contribution in [0.15, 0.2) is 0 Å². The fraction of sp³-hybridized carbons (Fsp3) is 0.941. The van der Waals surface area contributed by atoms with Crippen molar-refractivity contribution in [2.24, 2.45) is 0 Å². The van der Waals surface area contributed by atoms with E-state index in [0.717, 1.165) is 17.4 Å². The average Bonchev–Trinajstić information content (AvgIpc) is 2.43. The first-order chi connectivity index (χ1) is 9.72. The summed E-state index contributed by atoms with van der Waals surface area (Å²) in [6.45, 7) is 6.73. The minimum atomic E-state index is 0. The van der Waals surface area contributed by atoms with Crippen LogP contribution in [-0.4, -0.2) is 22.3 Å². The van der Waals surface area contributed by atoms with E-state index in [0.29, 0.717) is 0 Å². The Morgan fingerprint density at radius 2 is 1.05 bits per heavy atom. The van der Waals surface area contributed by atoms with Crippen molar-refractivity contribution in [3.8, 4) is 0 Å². The smallest absolute Gasteiger partial charge is 0.133 e. The molecule has 0 aliphatic rings. The Morgan fingerprint density at radius 1 is 0.714 bits per heavy atom. The predicted molar refractivity (Wildman–Crippen MR) is 99.9 cm³/mol. The van der Waals surface area contributed by atoms with Crippen LogP contribution in [0.4, 0.5) is 0 Å². The van der Waals surface area contributed by atoms with Gasteiger partial charge in [-0.1, -0.05) is 90.3 Å². The molecule has 0 amide bonds. The number of nitrogens with zero attached hydrogens (tertiary/aromatic N) is 1. The number of rotatable bonds is 14. The van der Waals surface area contributed by atoms with Gasteiger partial charge in [0.25, 0.3) is 0 Å². The molecule has 0 bridgehead atoms. The van der Waals surface area contributed by atoms with Crippen LogP contribution >= 0.6 is 24.8 Å². The summed E-state index contributed by atoms with van der Waals surface area (Å²) in [6, 6.07) is 0. The van der Waals surface area contributed by atoms with E-state index in [-0.39, 0.29) is 17.1 Å². The van der Waals surface area contributed by atoms with Gasteiger partial charge < -0.3 is 4.90 Å². The summed E-state index contributed by atoms with van der Waals surface area (Å²) >= 11 is 9.61. The minimum absolute atomic E-state index is 0. The third kappa shape index (κ3) is 17.0. The molecule has 0 atom stereocenters. The van der Waals surface area contributed by atoms with Gasteiger partial charge in [-0.05, 0) is 12.8 Å². The van der Waals surface area contributed by atoms with Gasteiger partial charge >= 0.3 is 0 Å². The van der Waals surface area contributed by atoms with Gasteiger partial charge in [0.05, 0.1) is 0 Å². The quantitative estimate of drug-likeness (QED) is 0.165. The molecular formula is C17H35CuNS2. The zero-order valence-corrected chi connectivity index (χ0v) is 16.7. The zero-order chi connectivity index (χ0) is 15.1. The molecule has 0 aromatic carbocycles. The average molecular weight is 381 g/mol. The molecule has 0 unspecified atom stereocenters. The molecule has 1 nitrogen and oxygen atoms in total. The van der Waals surface area contributed by atoms with E-state index in [1.54, 1.807) is 0 Å². The SMILES string of the molecule is CCCCCCCCN(CCCCCCCC)C(=S)S.[Cu]. The van der Waals surface area contributed by atoms with Crippen LogP contribution in [0.25, 0.3) is 0 Å². The van der Waals surface area contributed by atoms with Crippen LogP contribution in [0.3, 0.4) is 0 Å². The molecule has 1 radical (unpaired) electrons. The summed E-state index contributed by atoms with van der Waals surface area (Å²) in [5.41, 5.74) is 0. The van der Waals surface area contributed by atoms with Crippen molar-refractivity contribution in [2.45, 2.75) is 90.9 Å². The predicted octanol–water partition coefficient (Wildman–Crippen LogP) is 6.22. The molecule has 0 rings (SSSR count). The van der Waals surface area contributed by atoms with Gasteiger partial charge in [0.1, 0.15) is 4.32 Å². The summed E-state index contributed by atoms with van der Waals surface area (Å²) in [5.74, 6) is 0. The number of hydrogen-bond donors (Lipinski definition) is 1. The topological polar surface area (TPSA) is 3.24 Å². The van der Waals surface area contributed by atoms with Crippen LogP contribution in [-0.2, 0) is 17.1 Å². The number of unbranched alkanes of at least 4 members (excludes halogenated alkanes) is 10. The van der Waals surface area contributed by atoms with Crippen molar-refractivity contribution in [1.82, 2.24) is 4.90 Å². The Balaban J connectivity index is 0. The second kappa shape index (κ2) is 18.8. The molecule has 0 aliphatic heterocycles. The second-order valence-electron chi connectivity index (χ2n) is 5.81. The molecule has 131 valence electrons. The number of thiocarbonyl (C=S) groups is 1. The van der Waals surface area contributed by atoms with E-state index in [1.165, 1.54) is 77.0 Å². The first-order valence-corrected chi connectivity index (χ1v) is 9.55. The minimum Gasteiger partial charge on any atom is -0.358 e. The maximum Gasteiger partial charge on any atom is 0.133 e. The summed E-state index contributed by atoms with van der Waals surface area (Å²) in [7, 11) is 0. The van der Waals surface area contributed by atoms with Gasteiger partial charge in [-0.15, -0.1) is 12.6 Å². The van der Waals surface area contributed by atoms with Crippen molar-refractivity contribution in [1.29, 1.82) is 0 Å². The first-order valence-electron chi connectivity index (χ1n) is 8.70. The molecule has 0 N–H and O–H groups in total. The van der Waals surface area contributed by atoms with Gasteiger partial charge in [-0.25, -0.2) is 0 Å². The number of thiol groups is 1. The van der Waals surface area contributed by atoms with Crippen LogP contribution in [0.5, 0.6) is 0 Å². The van der Waals surface area contributed by atoms with E-state index in [4.69, 9.17) is 12.2 Å².